The number of carbonyl (C=O) groups is 1. The number of ether oxygens (including phenoxy) is 1. The Morgan fingerprint density at radius 2 is 2.13 bits per heavy atom. The van der Waals surface area contributed by atoms with Crippen LogP contribution in [-0.4, -0.2) is 37.1 Å². The zero-order chi connectivity index (χ0) is 11.3. The molecule has 1 saturated heterocycles. The number of likely N-dealkylation sites (tertiary alicyclic amines) is 1. The van der Waals surface area contributed by atoms with Crippen molar-refractivity contribution in [2.75, 3.05) is 20.2 Å². The molecule has 15 heavy (non-hydrogen) atoms. The lowest BCUT2D eigenvalue weighted by Crippen LogP contribution is -2.44. The van der Waals surface area contributed by atoms with Gasteiger partial charge in [-0.3, -0.25) is 9.69 Å². The Balaban J connectivity index is 2.51. The number of methoxy groups -OCH3 is 1. The molecule has 0 amide bonds. The van der Waals surface area contributed by atoms with Crippen LogP contribution in [0.2, 0.25) is 0 Å². The van der Waals surface area contributed by atoms with Crippen molar-refractivity contribution in [2.24, 2.45) is 5.92 Å². The third kappa shape index (κ3) is 3.20. The summed E-state index contributed by atoms with van der Waals surface area (Å²) >= 11 is 0. The van der Waals surface area contributed by atoms with Crippen LogP contribution in [0.25, 0.3) is 0 Å². The Morgan fingerprint density at radius 3 is 2.67 bits per heavy atom. The summed E-state index contributed by atoms with van der Waals surface area (Å²) in [4.78, 5) is 13.9. The second-order valence-corrected chi connectivity index (χ2v) is 4.33. The lowest BCUT2D eigenvalue weighted by Gasteiger charge is -2.36. The summed E-state index contributed by atoms with van der Waals surface area (Å²) < 4.78 is 4.82. The molecule has 0 spiro atoms. The summed E-state index contributed by atoms with van der Waals surface area (Å²) in [7, 11) is 1.48. The summed E-state index contributed by atoms with van der Waals surface area (Å²) in [5.41, 5.74) is 0. The number of hydrogen-bond donors (Lipinski definition) is 0. The van der Waals surface area contributed by atoms with Gasteiger partial charge in [-0.1, -0.05) is 13.8 Å². The maximum atomic E-state index is 11.5. The van der Waals surface area contributed by atoms with Crippen molar-refractivity contribution in [3.8, 4) is 0 Å². The number of piperidine rings is 1. The van der Waals surface area contributed by atoms with Crippen LogP contribution in [0.5, 0.6) is 0 Å². The van der Waals surface area contributed by atoms with Crippen LogP contribution in [0.1, 0.15) is 39.5 Å². The second kappa shape index (κ2) is 6.11. The molecule has 0 aromatic carbocycles. The quantitative estimate of drug-likeness (QED) is 0.669. The lowest BCUT2D eigenvalue weighted by atomic mass is 9.95. The lowest BCUT2D eigenvalue weighted by molar-refractivity contribution is -0.147. The van der Waals surface area contributed by atoms with E-state index in [1.54, 1.807) is 0 Å². The average molecular weight is 213 g/mol. The van der Waals surface area contributed by atoms with Crippen LogP contribution in [-0.2, 0) is 9.53 Å². The van der Waals surface area contributed by atoms with Gasteiger partial charge in [0.25, 0.3) is 0 Å². The molecule has 0 bridgehead atoms. The Morgan fingerprint density at radius 1 is 1.47 bits per heavy atom. The summed E-state index contributed by atoms with van der Waals surface area (Å²) in [6.07, 6.45) is 4.45. The minimum atomic E-state index is -0.0364. The van der Waals surface area contributed by atoms with E-state index in [0.29, 0.717) is 6.04 Å². The van der Waals surface area contributed by atoms with Crippen LogP contribution in [0.4, 0.5) is 0 Å². The van der Waals surface area contributed by atoms with Crippen molar-refractivity contribution < 1.29 is 9.53 Å². The van der Waals surface area contributed by atoms with Crippen molar-refractivity contribution in [3.05, 3.63) is 0 Å². The molecule has 1 fully saturated rings. The standard InChI is InChI=1S/C12H23NO2/c1-4-11(5-2)13-8-6-7-10(9-13)12(14)15-3/h10-11H,4-9H2,1-3H3/t10-/m0/s1. The van der Waals surface area contributed by atoms with E-state index in [4.69, 9.17) is 4.74 Å². The maximum Gasteiger partial charge on any atom is 0.309 e. The number of carbonyl (C=O) groups excluding carboxylic acids is 1. The van der Waals surface area contributed by atoms with Crippen molar-refractivity contribution >= 4 is 5.97 Å². The minimum absolute atomic E-state index is 0.0364. The predicted octanol–water partition coefficient (Wildman–Crippen LogP) is 2.06. The number of esters is 1. The molecule has 3 nitrogen and oxygen atoms in total. The Bertz CT molecular complexity index is 202. The van der Waals surface area contributed by atoms with E-state index in [2.05, 4.69) is 18.7 Å². The molecule has 0 saturated carbocycles. The van der Waals surface area contributed by atoms with E-state index in [0.717, 1.165) is 25.9 Å². The van der Waals surface area contributed by atoms with Gasteiger partial charge in [0.1, 0.15) is 0 Å². The van der Waals surface area contributed by atoms with Crippen LogP contribution in [0.15, 0.2) is 0 Å². The highest BCUT2D eigenvalue weighted by Crippen LogP contribution is 2.21. The fraction of sp³-hybridized carbons (Fsp3) is 0.917. The molecule has 1 heterocycles. The van der Waals surface area contributed by atoms with Gasteiger partial charge in [0.2, 0.25) is 0 Å². The highest BCUT2D eigenvalue weighted by molar-refractivity contribution is 5.72. The van der Waals surface area contributed by atoms with E-state index in [-0.39, 0.29) is 11.9 Å². The summed E-state index contributed by atoms with van der Waals surface area (Å²) in [6, 6.07) is 0.637. The largest absolute Gasteiger partial charge is 0.469 e. The van der Waals surface area contributed by atoms with Crippen molar-refractivity contribution in [1.29, 1.82) is 0 Å². The third-order valence-electron chi connectivity index (χ3n) is 3.45. The van der Waals surface area contributed by atoms with E-state index in [1.165, 1.54) is 20.0 Å². The third-order valence-corrected chi connectivity index (χ3v) is 3.45. The number of nitrogens with zero attached hydrogens (tertiary/aromatic N) is 1. The second-order valence-electron chi connectivity index (χ2n) is 4.33. The Labute approximate surface area is 92.8 Å². The fourth-order valence-electron chi connectivity index (χ4n) is 2.50. The van der Waals surface area contributed by atoms with Crippen molar-refractivity contribution in [3.63, 3.8) is 0 Å². The molecule has 88 valence electrons. The van der Waals surface area contributed by atoms with Gasteiger partial charge in [-0.25, -0.2) is 0 Å². The zero-order valence-electron chi connectivity index (χ0n) is 10.2. The van der Waals surface area contributed by atoms with Crippen LogP contribution in [0, 0.1) is 5.92 Å². The smallest absolute Gasteiger partial charge is 0.309 e. The Hall–Kier alpha value is -0.570. The average Bonchev–Trinajstić information content (AvgIpc) is 2.30. The zero-order valence-corrected chi connectivity index (χ0v) is 10.2. The molecular formula is C12H23NO2. The van der Waals surface area contributed by atoms with Gasteiger partial charge in [0, 0.05) is 12.6 Å². The molecular weight excluding hydrogens is 190 g/mol. The first kappa shape index (κ1) is 12.5. The SMILES string of the molecule is CCC(CC)N1CCC[C@H](C(=O)OC)C1. The van der Waals surface area contributed by atoms with Gasteiger partial charge >= 0.3 is 5.97 Å². The van der Waals surface area contributed by atoms with Crippen LogP contribution < -0.4 is 0 Å². The van der Waals surface area contributed by atoms with Crippen molar-refractivity contribution in [1.82, 2.24) is 4.90 Å². The molecule has 1 aliphatic rings. The van der Waals surface area contributed by atoms with E-state index in [1.807, 2.05) is 0 Å². The summed E-state index contributed by atoms with van der Waals surface area (Å²) in [5, 5.41) is 0. The normalized spacial score (nSPS) is 23.1. The molecule has 0 radical (unpaired) electrons. The molecule has 3 heteroatoms. The first-order valence-corrected chi connectivity index (χ1v) is 6.04. The summed E-state index contributed by atoms with van der Waals surface area (Å²) in [5.74, 6) is 0.0648. The van der Waals surface area contributed by atoms with Gasteiger partial charge < -0.3 is 4.74 Å². The molecule has 0 aromatic rings. The van der Waals surface area contributed by atoms with Gasteiger partial charge in [-0.2, -0.15) is 0 Å². The molecule has 1 aliphatic heterocycles. The molecule has 0 aromatic heterocycles. The summed E-state index contributed by atoms with van der Waals surface area (Å²) in [6.45, 7) is 6.46. The van der Waals surface area contributed by atoms with Crippen LogP contribution >= 0.6 is 0 Å². The molecule has 0 aliphatic carbocycles. The highest BCUT2D eigenvalue weighted by atomic mass is 16.5. The van der Waals surface area contributed by atoms with Gasteiger partial charge in [-0.15, -0.1) is 0 Å². The predicted molar refractivity (Wildman–Crippen MR) is 60.7 cm³/mol. The maximum absolute atomic E-state index is 11.5. The van der Waals surface area contributed by atoms with Gasteiger partial charge in [-0.05, 0) is 32.2 Å². The topological polar surface area (TPSA) is 29.5 Å². The van der Waals surface area contributed by atoms with E-state index in [9.17, 15) is 4.79 Å². The fourth-order valence-corrected chi connectivity index (χ4v) is 2.50. The molecule has 1 rings (SSSR count). The highest BCUT2D eigenvalue weighted by Gasteiger charge is 2.28. The minimum Gasteiger partial charge on any atom is -0.469 e. The Kier molecular flexibility index (Phi) is 5.09. The van der Waals surface area contributed by atoms with Gasteiger partial charge in [0.15, 0.2) is 0 Å². The monoisotopic (exact) mass is 213 g/mol. The molecule has 0 unspecified atom stereocenters. The van der Waals surface area contributed by atoms with E-state index < -0.39 is 0 Å². The molecule has 1 atom stereocenters. The van der Waals surface area contributed by atoms with Crippen molar-refractivity contribution in [2.45, 2.75) is 45.6 Å². The molecule has 0 N–H and O–H groups in total. The van der Waals surface area contributed by atoms with Gasteiger partial charge in [0.05, 0.1) is 13.0 Å². The first-order chi connectivity index (χ1) is 7.22. The number of rotatable bonds is 4. The van der Waals surface area contributed by atoms with Crippen LogP contribution in [0.3, 0.4) is 0 Å². The number of hydrogen-bond acceptors (Lipinski definition) is 3. The first-order valence-electron chi connectivity index (χ1n) is 6.04. The van der Waals surface area contributed by atoms with E-state index >= 15 is 0 Å².